The summed E-state index contributed by atoms with van der Waals surface area (Å²) in [5.74, 6) is 1.20. The normalized spacial score (nSPS) is 11.4. The van der Waals surface area contributed by atoms with Crippen LogP contribution in [-0.4, -0.2) is 9.55 Å². The highest BCUT2D eigenvalue weighted by molar-refractivity contribution is 5.88. The van der Waals surface area contributed by atoms with Crippen molar-refractivity contribution in [2.45, 2.75) is 6.92 Å². The lowest BCUT2D eigenvalue weighted by atomic mass is 10.0. The molecule has 0 spiro atoms. The molecule has 0 saturated heterocycles. The summed E-state index contributed by atoms with van der Waals surface area (Å²) >= 11 is 0. The molecule has 0 bridgehead atoms. The van der Waals surface area contributed by atoms with Gasteiger partial charge in [0.1, 0.15) is 0 Å². The Labute approximate surface area is 129 Å². The first-order valence-corrected chi connectivity index (χ1v) is 7.46. The maximum atomic E-state index is 4.56. The minimum Gasteiger partial charge on any atom is -0.256 e. The van der Waals surface area contributed by atoms with Crippen LogP contribution in [0.5, 0.6) is 0 Å². The van der Waals surface area contributed by atoms with E-state index in [4.69, 9.17) is 0 Å². The van der Waals surface area contributed by atoms with Crippen molar-refractivity contribution in [3.8, 4) is 11.4 Å². The molecule has 0 N–H and O–H groups in total. The van der Waals surface area contributed by atoms with Crippen molar-refractivity contribution in [2.75, 3.05) is 0 Å². The van der Waals surface area contributed by atoms with Crippen molar-refractivity contribution in [2.24, 2.45) is 14.1 Å². The van der Waals surface area contributed by atoms with E-state index in [1.54, 1.807) is 0 Å². The van der Waals surface area contributed by atoms with Gasteiger partial charge in [-0.1, -0.05) is 24.3 Å². The second kappa shape index (κ2) is 4.67. The molecule has 2 heterocycles. The maximum Gasteiger partial charge on any atom is 0.289 e. The number of pyridine rings is 1. The lowest BCUT2D eigenvalue weighted by Crippen LogP contribution is -2.30. The van der Waals surface area contributed by atoms with Crippen molar-refractivity contribution in [1.29, 1.82) is 0 Å². The molecule has 22 heavy (non-hydrogen) atoms. The molecule has 0 aliphatic carbocycles. The predicted octanol–water partition coefficient (Wildman–Crippen LogP) is 3.53. The Kier molecular flexibility index (Phi) is 2.76. The Bertz CT molecular complexity index is 973. The van der Waals surface area contributed by atoms with E-state index in [1.807, 2.05) is 12.3 Å². The van der Waals surface area contributed by atoms with Gasteiger partial charge in [0.2, 0.25) is 0 Å². The van der Waals surface area contributed by atoms with Crippen LogP contribution in [0, 0.1) is 6.92 Å². The van der Waals surface area contributed by atoms with E-state index >= 15 is 0 Å². The van der Waals surface area contributed by atoms with Crippen LogP contribution in [-0.2, 0) is 14.1 Å². The van der Waals surface area contributed by atoms with E-state index < -0.39 is 0 Å². The summed E-state index contributed by atoms with van der Waals surface area (Å²) in [7, 11) is 4.25. The van der Waals surface area contributed by atoms with Crippen molar-refractivity contribution < 1.29 is 4.57 Å². The van der Waals surface area contributed by atoms with Gasteiger partial charge in [-0.05, 0) is 36.8 Å². The molecule has 0 aliphatic heterocycles. The lowest BCUT2D eigenvalue weighted by Gasteiger charge is -2.06. The average Bonchev–Trinajstić information content (AvgIpc) is 2.81. The molecule has 0 aliphatic rings. The molecule has 4 aromatic rings. The molecule has 2 aromatic heterocycles. The SMILES string of the molecule is Cc1c(-c2n(C)c3ccccc3[n+]2C)ccc2cccnc12. The Morgan fingerprint density at radius 1 is 1.00 bits per heavy atom. The van der Waals surface area contributed by atoms with Crippen molar-refractivity contribution in [3.05, 3.63) is 60.3 Å². The first kappa shape index (κ1) is 13.0. The van der Waals surface area contributed by atoms with E-state index in [0.29, 0.717) is 0 Å². The quantitative estimate of drug-likeness (QED) is 0.491. The molecule has 0 saturated carbocycles. The highest BCUT2D eigenvalue weighted by atomic mass is 15.1. The minimum atomic E-state index is 1.07. The Balaban J connectivity index is 2.10. The zero-order valence-corrected chi connectivity index (χ0v) is 13.0. The largest absolute Gasteiger partial charge is 0.289 e. The molecule has 0 atom stereocenters. The molecular formula is C19H18N3+. The summed E-state index contributed by atoms with van der Waals surface area (Å²) in [6.45, 7) is 2.16. The summed E-state index contributed by atoms with van der Waals surface area (Å²) in [6.07, 6.45) is 1.86. The number of aryl methyl sites for hydroxylation is 3. The van der Waals surface area contributed by atoms with E-state index in [9.17, 15) is 0 Å². The van der Waals surface area contributed by atoms with Gasteiger partial charge in [0.05, 0.1) is 25.2 Å². The van der Waals surface area contributed by atoms with Crippen LogP contribution < -0.4 is 4.57 Å². The topological polar surface area (TPSA) is 21.7 Å². The highest BCUT2D eigenvalue weighted by Gasteiger charge is 2.23. The van der Waals surface area contributed by atoms with Crippen LogP contribution in [0.1, 0.15) is 5.56 Å². The molecule has 0 fully saturated rings. The number of para-hydroxylation sites is 2. The molecule has 3 heteroatoms. The molecule has 4 rings (SSSR count). The number of rotatable bonds is 1. The Morgan fingerprint density at radius 3 is 2.64 bits per heavy atom. The molecule has 0 radical (unpaired) electrons. The van der Waals surface area contributed by atoms with E-state index in [-0.39, 0.29) is 0 Å². The Morgan fingerprint density at radius 2 is 1.82 bits per heavy atom. The van der Waals surface area contributed by atoms with Crippen molar-refractivity contribution in [3.63, 3.8) is 0 Å². The highest BCUT2D eigenvalue weighted by Crippen LogP contribution is 2.28. The van der Waals surface area contributed by atoms with Gasteiger partial charge in [0.15, 0.2) is 11.0 Å². The van der Waals surface area contributed by atoms with Crippen LogP contribution in [0.25, 0.3) is 33.3 Å². The fourth-order valence-electron chi connectivity index (χ4n) is 3.38. The predicted molar refractivity (Wildman–Crippen MR) is 89.6 cm³/mol. The van der Waals surface area contributed by atoms with Crippen molar-refractivity contribution >= 4 is 21.9 Å². The first-order valence-electron chi connectivity index (χ1n) is 7.46. The number of aromatic nitrogens is 3. The third-order valence-corrected chi connectivity index (χ3v) is 4.51. The number of fused-ring (bicyclic) bond motifs is 2. The number of hydrogen-bond acceptors (Lipinski definition) is 1. The standard InChI is InChI=1S/C19H18N3/c1-13-15(11-10-14-7-6-12-20-18(13)14)19-21(2)16-8-4-5-9-17(16)22(19)3/h4-12H,1-3H3/q+1. The van der Waals surface area contributed by atoms with Gasteiger partial charge in [-0.25, -0.2) is 9.13 Å². The lowest BCUT2D eigenvalue weighted by molar-refractivity contribution is -0.634. The van der Waals surface area contributed by atoms with Crippen LogP contribution in [0.15, 0.2) is 54.7 Å². The van der Waals surface area contributed by atoms with Crippen LogP contribution in [0.4, 0.5) is 0 Å². The van der Waals surface area contributed by atoms with E-state index in [0.717, 1.165) is 5.52 Å². The summed E-state index contributed by atoms with van der Waals surface area (Å²) in [4.78, 5) is 4.56. The molecule has 3 nitrogen and oxygen atoms in total. The van der Waals surface area contributed by atoms with E-state index in [1.165, 1.54) is 33.4 Å². The van der Waals surface area contributed by atoms with Gasteiger partial charge in [0.25, 0.3) is 5.82 Å². The van der Waals surface area contributed by atoms with Crippen molar-refractivity contribution in [1.82, 2.24) is 9.55 Å². The summed E-state index contributed by atoms with van der Waals surface area (Å²) < 4.78 is 4.51. The maximum absolute atomic E-state index is 4.56. The fourth-order valence-corrected chi connectivity index (χ4v) is 3.38. The number of benzene rings is 2. The Hall–Kier alpha value is -2.68. The second-order valence-corrected chi connectivity index (χ2v) is 5.74. The van der Waals surface area contributed by atoms with Gasteiger partial charge < -0.3 is 0 Å². The molecule has 108 valence electrons. The zero-order chi connectivity index (χ0) is 15.3. The molecule has 0 unspecified atom stereocenters. The summed E-state index contributed by atoms with van der Waals surface area (Å²) in [5.41, 5.74) is 6.00. The van der Waals surface area contributed by atoms with Gasteiger partial charge in [-0.15, -0.1) is 0 Å². The van der Waals surface area contributed by atoms with Crippen LogP contribution in [0.3, 0.4) is 0 Å². The van der Waals surface area contributed by atoms with Crippen LogP contribution >= 0.6 is 0 Å². The third kappa shape index (κ3) is 1.69. The smallest absolute Gasteiger partial charge is 0.256 e. The number of nitrogens with zero attached hydrogens (tertiary/aromatic N) is 3. The van der Waals surface area contributed by atoms with Gasteiger partial charge in [-0.2, -0.15) is 0 Å². The van der Waals surface area contributed by atoms with Gasteiger partial charge in [-0.3, -0.25) is 4.98 Å². The first-order chi connectivity index (χ1) is 10.7. The van der Waals surface area contributed by atoms with E-state index in [2.05, 4.69) is 77.6 Å². The summed E-state index contributed by atoms with van der Waals surface area (Å²) in [6, 6.07) is 16.9. The van der Waals surface area contributed by atoms with Gasteiger partial charge in [0, 0.05) is 11.6 Å². The molecule has 0 amide bonds. The fraction of sp³-hybridized carbons (Fsp3) is 0.158. The van der Waals surface area contributed by atoms with Crippen LogP contribution in [0.2, 0.25) is 0 Å². The number of imidazole rings is 1. The molecular weight excluding hydrogens is 270 g/mol. The zero-order valence-electron chi connectivity index (χ0n) is 13.0. The number of hydrogen-bond donors (Lipinski definition) is 0. The monoisotopic (exact) mass is 288 g/mol. The van der Waals surface area contributed by atoms with Gasteiger partial charge >= 0.3 is 0 Å². The second-order valence-electron chi connectivity index (χ2n) is 5.74. The average molecular weight is 288 g/mol. The minimum absolute atomic E-state index is 1.07. The summed E-state index contributed by atoms with van der Waals surface area (Å²) in [5, 5.41) is 1.19. The molecule has 2 aromatic carbocycles. The third-order valence-electron chi connectivity index (χ3n) is 4.51.